The highest BCUT2D eigenvalue weighted by Gasteiger charge is 2.18. The van der Waals surface area contributed by atoms with Crippen LogP contribution in [0.15, 0.2) is 42.7 Å². The van der Waals surface area contributed by atoms with E-state index in [9.17, 15) is 9.59 Å². The van der Waals surface area contributed by atoms with E-state index < -0.39 is 5.91 Å². The fourth-order valence-corrected chi connectivity index (χ4v) is 3.34. The number of imidazole rings is 1. The van der Waals surface area contributed by atoms with Crippen molar-refractivity contribution < 1.29 is 9.59 Å². The molecule has 6 nitrogen and oxygen atoms in total. The summed E-state index contributed by atoms with van der Waals surface area (Å²) >= 11 is 12.3. The van der Waals surface area contributed by atoms with Crippen molar-refractivity contribution in [1.29, 1.82) is 0 Å². The van der Waals surface area contributed by atoms with Crippen molar-refractivity contribution in [3.63, 3.8) is 0 Å². The summed E-state index contributed by atoms with van der Waals surface area (Å²) in [4.78, 5) is 28.0. The lowest BCUT2D eigenvalue weighted by Crippen LogP contribution is -2.15. The second kappa shape index (κ2) is 7.42. The van der Waals surface area contributed by atoms with Crippen LogP contribution in [-0.4, -0.2) is 21.2 Å². The van der Waals surface area contributed by atoms with Gasteiger partial charge in [0.05, 0.1) is 17.9 Å². The number of carbonyl (C=O) groups excluding carboxylic acids is 2. The lowest BCUT2D eigenvalue weighted by molar-refractivity contribution is 0.0995. The summed E-state index contributed by atoms with van der Waals surface area (Å²) in [7, 11) is 0. The van der Waals surface area contributed by atoms with Gasteiger partial charge in [-0.05, 0) is 48.4 Å². The number of anilines is 1. The molecule has 1 heterocycles. The van der Waals surface area contributed by atoms with Crippen LogP contribution in [0.4, 0.5) is 5.82 Å². The second-order valence-corrected chi connectivity index (χ2v) is 6.92. The number of hydrogen-bond donors (Lipinski definition) is 2. The van der Waals surface area contributed by atoms with Gasteiger partial charge >= 0.3 is 0 Å². The molecule has 0 bridgehead atoms. The van der Waals surface area contributed by atoms with E-state index in [4.69, 9.17) is 34.7 Å². The Hall–Kier alpha value is -2.83. The smallest absolute Gasteiger partial charge is 0.271 e. The third-order valence-electron chi connectivity index (χ3n) is 4.15. The lowest BCUT2D eigenvalue weighted by atomic mass is 9.97. The van der Waals surface area contributed by atoms with Crippen LogP contribution in [0.5, 0.6) is 0 Å². The fourth-order valence-electron chi connectivity index (χ4n) is 2.84. The van der Waals surface area contributed by atoms with E-state index in [1.165, 1.54) is 6.33 Å². The second-order valence-electron chi connectivity index (χ2n) is 6.08. The van der Waals surface area contributed by atoms with Gasteiger partial charge in [-0.15, -0.1) is 0 Å². The van der Waals surface area contributed by atoms with Crippen molar-refractivity contribution in [3.8, 4) is 0 Å². The summed E-state index contributed by atoms with van der Waals surface area (Å²) in [6, 6.07) is 10.2. The molecule has 8 heteroatoms. The number of amides is 1. The molecule has 4 N–H and O–H groups in total. The average Bonchev–Trinajstić information content (AvgIpc) is 2.95. The summed E-state index contributed by atoms with van der Waals surface area (Å²) < 4.78 is 1.59. The molecule has 0 saturated carbocycles. The van der Waals surface area contributed by atoms with Gasteiger partial charge in [0, 0.05) is 16.1 Å². The molecule has 3 rings (SSSR count). The first-order chi connectivity index (χ1) is 12.8. The zero-order chi connectivity index (χ0) is 19.7. The number of primary amides is 1. The van der Waals surface area contributed by atoms with Gasteiger partial charge in [-0.25, -0.2) is 4.98 Å². The maximum absolute atomic E-state index is 12.8. The number of nitrogens with zero attached hydrogens (tertiary/aromatic N) is 2. The maximum atomic E-state index is 12.8. The number of aryl methyl sites for hydroxylation is 1. The summed E-state index contributed by atoms with van der Waals surface area (Å²) in [6.45, 7) is 2.15. The Morgan fingerprint density at radius 2 is 1.81 bits per heavy atom. The molecule has 0 fully saturated rings. The molecular weight excluding hydrogens is 387 g/mol. The molecule has 0 unspecified atom stereocenters. The lowest BCUT2D eigenvalue weighted by Gasteiger charge is -2.12. The zero-order valence-corrected chi connectivity index (χ0v) is 15.9. The monoisotopic (exact) mass is 402 g/mol. The Morgan fingerprint density at radius 1 is 1.15 bits per heavy atom. The number of rotatable bonds is 5. The molecule has 3 aromatic rings. The molecule has 2 aromatic carbocycles. The first kappa shape index (κ1) is 18.9. The van der Waals surface area contributed by atoms with E-state index in [-0.39, 0.29) is 17.3 Å². The predicted molar refractivity (Wildman–Crippen MR) is 105 cm³/mol. The largest absolute Gasteiger partial charge is 0.383 e. The third-order valence-corrected chi connectivity index (χ3v) is 4.70. The number of nitrogen functional groups attached to an aromatic ring is 1. The average molecular weight is 403 g/mol. The van der Waals surface area contributed by atoms with E-state index in [1.807, 2.05) is 13.0 Å². The third kappa shape index (κ3) is 3.82. The molecule has 1 aromatic heterocycles. The van der Waals surface area contributed by atoms with Crippen LogP contribution in [0, 0.1) is 6.92 Å². The van der Waals surface area contributed by atoms with Crippen LogP contribution in [0.1, 0.15) is 37.5 Å². The Morgan fingerprint density at radius 3 is 2.37 bits per heavy atom. The van der Waals surface area contributed by atoms with Gasteiger partial charge in [-0.2, -0.15) is 0 Å². The summed E-state index contributed by atoms with van der Waals surface area (Å²) in [5.41, 5.74) is 13.6. The molecule has 138 valence electrons. The van der Waals surface area contributed by atoms with Crippen molar-refractivity contribution in [2.24, 2.45) is 5.73 Å². The number of hydrogen-bond acceptors (Lipinski definition) is 4. The highest BCUT2D eigenvalue weighted by Crippen LogP contribution is 2.26. The molecule has 0 aliphatic heterocycles. The summed E-state index contributed by atoms with van der Waals surface area (Å²) in [6.07, 6.45) is 1.44. The first-order valence-electron chi connectivity index (χ1n) is 7.97. The van der Waals surface area contributed by atoms with Crippen molar-refractivity contribution in [2.45, 2.75) is 13.5 Å². The minimum absolute atomic E-state index is 0.0207. The van der Waals surface area contributed by atoms with Crippen LogP contribution in [0.2, 0.25) is 10.0 Å². The van der Waals surface area contributed by atoms with E-state index >= 15 is 0 Å². The van der Waals surface area contributed by atoms with Crippen molar-refractivity contribution in [3.05, 3.63) is 80.7 Å². The number of carbonyl (C=O) groups is 2. The van der Waals surface area contributed by atoms with Crippen LogP contribution >= 0.6 is 23.2 Å². The SMILES string of the molecule is Cc1cc(Cn2cnc(C(N)=O)c2N)cc(Cl)c1C(=O)c1ccc(Cl)cc1. The molecule has 0 saturated heterocycles. The highest BCUT2D eigenvalue weighted by atomic mass is 35.5. The minimum atomic E-state index is -0.690. The van der Waals surface area contributed by atoms with Crippen molar-refractivity contribution in [2.75, 3.05) is 5.73 Å². The van der Waals surface area contributed by atoms with E-state index in [2.05, 4.69) is 4.98 Å². The summed E-state index contributed by atoms with van der Waals surface area (Å²) in [5.74, 6) is -0.694. The van der Waals surface area contributed by atoms with Crippen molar-refractivity contribution in [1.82, 2.24) is 9.55 Å². The molecule has 1 amide bonds. The topological polar surface area (TPSA) is 104 Å². The Bertz CT molecular complexity index is 1020. The zero-order valence-electron chi connectivity index (χ0n) is 14.4. The van der Waals surface area contributed by atoms with E-state index in [0.29, 0.717) is 27.7 Å². The van der Waals surface area contributed by atoms with Crippen LogP contribution in [-0.2, 0) is 6.54 Å². The molecule has 0 aliphatic carbocycles. The van der Waals surface area contributed by atoms with Gasteiger partial charge in [-0.1, -0.05) is 29.3 Å². The predicted octanol–water partition coefficient (Wildman–Crippen LogP) is 3.46. The summed E-state index contributed by atoms with van der Waals surface area (Å²) in [5, 5.41) is 0.886. The fraction of sp³-hybridized carbons (Fsp3) is 0.105. The molecule has 0 aliphatic rings. The number of benzene rings is 2. The number of halogens is 2. The van der Waals surface area contributed by atoms with Gasteiger partial charge in [0.25, 0.3) is 5.91 Å². The Balaban J connectivity index is 1.92. The minimum Gasteiger partial charge on any atom is -0.383 e. The Labute approximate surface area is 165 Å². The maximum Gasteiger partial charge on any atom is 0.271 e. The van der Waals surface area contributed by atoms with Gasteiger partial charge in [-0.3, -0.25) is 9.59 Å². The van der Waals surface area contributed by atoms with Crippen molar-refractivity contribution >= 4 is 40.7 Å². The normalized spacial score (nSPS) is 10.8. The number of ketones is 1. The van der Waals surface area contributed by atoms with Gasteiger partial charge < -0.3 is 16.0 Å². The van der Waals surface area contributed by atoms with Crippen LogP contribution in [0.25, 0.3) is 0 Å². The number of aromatic nitrogens is 2. The molecule has 0 radical (unpaired) electrons. The molecule has 0 spiro atoms. The van der Waals surface area contributed by atoms with E-state index in [1.54, 1.807) is 34.9 Å². The van der Waals surface area contributed by atoms with Crippen LogP contribution in [0.3, 0.4) is 0 Å². The molecular formula is C19H16Cl2N4O2. The van der Waals surface area contributed by atoms with Gasteiger partial charge in [0.2, 0.25) is 0 Å². The quantitative estimate of drug-likeness (QED) is 0.637. The highest BCUT2D eigenvalue weighted by molar-refractivity contribution is 6.35. The van der Waals surface area contributed by atoms with E-state index in [0.717, 1.165) is 11.1 Å². The number of nitrogens with two attached hydrogens (primary N) is 2. The van der Waals surface area contributed by atoms with Gasteiger partial charge in [0.15, 0.2) is 11.5 Å². The Kier molecular flexibility index (Phi) is 5.21. The van der Waals surface area contributed by atoms with Gasteiger partial charge in [0.1, 0.15) is 5.82 Å². The first-order valence-corrected chi connectivity index (χ1v) is 8.73. The molecule has 27 heavy (non-hydrogen) atoms. The molecule has 0 atom stereocenters. The van der Waals surface area contributed by atoms with Crippen LogP contribution < -0.4 is 11.5 Å². The standard InChI is InChI=1S/C19H16Cl2N4O2/c1-10-6-11(8-25-9-24-16(18(25)22)19(23)27)7-14(21)15(10)17(26)12-2-4-13(20)5-3-12/h2-7,9H,8,22H2,1H3,(H2,23,27).